The summed E-state index contributed by atoms with van der Waals surface area (Å²) in [6, 6.07) is 5.59. The molecule has 0 atom stereocenters. The second kappa shape index (κ2) is 5.66. The molecule has 1 N–H and O–H groups in total. The zero-order valence-electron chi connectivity index (χ0n) is 11.4. The first-order chi connectivity index (χ1) is 9.72. The van der Waals surface area contributed by atoms with Crippen molar-refractivity contribution in [2.45, 2.75) is 32.7 Å². The number of nitrogens with one attached hydrogen (secondary N) is 1. The maximum Gasteiger partial charge on any atom is 0.128 e. The Morgan fingerprint density at radius 1 is 1.25 bits per heavy atom. The summed E-state index contributed by atoms with van der Waals surface area (Å²) in [6.07, 6.45) is 3.35. The lowest BCUT2D eigenvalue weighted by Gasteiger charge is -2.07. The van der Waals surface area contributed by atoms with E-state index < -0.39 is 0 Å². The van der Waals surface area contributed by atoms with Crippen molar-refractivity contribution in [1.82, 2.24) is 9.78 Å². The van der Waals surface area contributed by atoms with Gasteiger partial charge in [0.1, 0.15) is 11.5 Å². The van der Waals surface area contributed by atoms with Gasteiger partial charge in [0.2, 0.25) is 0 Å². The van der Waals surface area contributed by atoms with E-state index in [9.17, 15) is 0 Å². The Morgan fingerprint density at radius 2 is 2.00 bits per heavy atom. The van der Waals surface area contributed by atoms with Crippen molar-refractivity contribution in [3.05, 3.63) is 33.8 Å². The minimum absolute atomic E-state index is 0.658. The first-order valence-electron chi connectivity index (χ1n) is 7.00. The second-order valence-corrected chi connectivity index (χ2v) is 5.79. The molecule has 2 heterocycles. The van der Waals surface area contributed by atoms with E-state index >= 15 is 0 Å². The molecule has 0 saturated heterocycles. The lowest BCUT2D eigenvalue weighted by molar-refractivity contribution is 0.665. The smallest absolute Gasteiger partial charge is 0.128 e. The van der Waals surface area contributed by atoms with Crippen molar-refractivity contribution in [3.63, 3.8) is 0 Å². The molecule has 3 rings (SSSR count). The molecule has 0 saturated carbocycles. The molecule has 0 bridgehead atoms. The number of hydrogen-bond acceptors (Lipinski definition) is 2. The molecule has 1 aliphatic heterocycles. The molecule has 1 aromatic carbocycles. The minimum atomic E-state index is 0.658. The highest BCUT2D eigenvalue weighted by Gasteiger charge is 2.22. The van der Waals surface area contributed by atoms with Crippen LogP contribution in [0.15, 0.2) is 18.2 Å². The zero-order chi connectivity index (χ0) is 14.1. The van der Waals surface area contributed by atoms with Crippen LogP contribution in [-0.4, -0.2) is 16.3 Å². The van der Waals surface area contributed by atoms with Gasteiger partial charge < -0.3 is 5.32 Å². The van der Waals surface area contributed by atoms with Crippen LogP contribution in [0, 0.1) is 0 Å². The van der Waals surface area contributed by atoms with E-state index in [1.807, 2.05) is 22.9 Å². The molecule has 0 fully saturated rings. The molecule has 20 heavy (non-hydrogen) atoms. The van der Waals surface area contributed by atoms with Crippen molar-refractivity contribution < 1.29 is 0 Å². The standard InChI is InChI=1S/C15H17Cl2N3/c1-2-20-15-10(6-3-4-9-18-15)14(19-20)13-11(16)7-5-8-12(13)17/h5,7-8,18H,2-4,6,9H2,1H3. The van der Waals surface area contributed by atoms with Crippen LogP contribution in [0.4, 0.5) is 5.82 Å². The fourth-order valence-corrected chi connectivity index (χ4v) is 3.30. The van der Waals surface area contributed by atoms with Crippen molar-refractivity contribution in [2.75, 3.05) is 11.9 Å². The first kappa shape index (κ1) is 13.8. The molecule has 0 spiro atoms. The Hall–Kier alpha value is -1.19. The molecule has 0 unspecified atom stereocenters. The Bertz CT molecular complexity index is 614. The fourth-order valence-electron chi connectivity index (χ4n) is 2.72. The largest absolute Gasteiger partial charge is 0.370 e. The van der Waals surface area contributed by atoms with Crippen molar-refractivity contribution in [1.29, 1.82) is 0 Å². The number of fused-ring (bicyclic) bond motifs is 1. The lowest BCUT2D eigenvalue weighted by atomic mass is 10.0. The van der Waals surface area contributed by atoms with Gasteiger partial charge in [0.25, 0.3) is 0 Å². The molecule has 0 radical (unpaired) electrons. The van der Waals surface area contributed by atoms with Crippen LogP contribution in [0.3, 0.4) is 0 Å². The summed E-state index contributed by atoms with van der Waals surface area (Å²) in [5.74, 6) is 1.12. The molecular formula is C15H17Cl2N3. The Balaban J connectivity index is 2.21. The molecule has 0 aliphatic carbocycles. The van der Waals surface area contributed by atoms with Crippen LogP contribution in [0.1, 0.15) is 25.3 Å². The van der Waals surface area contributed by atoms with Gasteiger partial charge in [-0.1, -0.05) is 29.3 Å². The Kier molecular flexibility index (Phi) is 3.90. The number of benzene rings is 1. The molecule has 0 amide bonds. The summed E-state index contributed by atoms with van der Waals surface area (Å²) in [5, 5.41) is 9.53. The van der Waals surface area contributed by atoms with Crippen LogP contribution in [0.2, 0.25) is 10.0 Å². The maximum atomic E-state index is 6.35. The van der Waals surface area contributed by atoms with Gasteiger partial charge in [-0.05, 0) is 38.3 Å². The van der Waals surface area contributed by atoms with Gasteiger partial charge in [0.05, 0.1) is 10.0 Å². The van der Waals surface area contributed by atoms with Crippen LogP contribution < -0.4 is 5.32 Å². The predicted molar refractivity (Wildman–Crippen MR) is 84.8 cm³/mol. The normalized spacial score (nSPS) is 14.6. The van der Waals surface area contributed by atoms with Gasteiger partial charge >= 0.3 is 0 Å². The average molecular weight is 310 g/mol. The molecule has 3 nitrogen and oxygen atoms in total. The molecular weight excluding hydrogens is 293 g/mol. The number of rotatable bonds is 2. The quantitative estimate of drug-likeness (QED) is 0.877. The van der Waals surface area contributed by atoms with Gasteiger partial charge in [0.15, 0.2) is 0 Å². The number of anilines is 1. The van der Waals surface area contributed by atoms with Gasteiger partial charge in [-0.15, -0.1) is 0 Å². The van der Waals surface area contributed by atoms with Gasteiger partial charge in [0, 0.05) is 24.2 Å². The number of hydrogen-bond donors (Lipinski definition) is 1. The van der Waals surface area contributed by atoms with E-state index in [1.54, 1.807) is 0 Å². The van der Waals surface area contributed by atoms with Gasteiger partial charge in [-0.25, -0.2) is 4.68 Å². The highest BCUT2D eigenvalue weighted by Crippen LogP contribution is 2.39. The summed E-state index contributed by atoms with van der Waals surface area (Å²) in [4.78, 5) is 0. The first-order valence-corrected chi connectivity index (χ1v) is 7.76. The van der Waals surface area contributed by atoms with E-state index in [0.29, 0.717) is 10.0 Å². The van der Waals surface area contributed by atoms with Crippen LogP contribution in [0.25, 0.3) is 11.3 Å². The zero-order valence-corrected chi connectivity index (χ0v) is 12.9. The minimum Gasteiger partial charge on any atom is -0.370 e. The third-order valence-corrected chi connectivity index (χ3v) is 4.33. The highest BCUT2D eigenvalue weighted by molar-refractivity contribution is 6.39. The number of aryl methyl sites for hydroxylation is 1. The topological polar surface area (TPSA) is 29.9 Å². The maximum absolute atomic E-state index is 6.35. The monoisotopic (exact) mass is 309 g/mol. The number of aromatic nitrogens is 2. The molecule has 106 valence electrons. The second-order valence-electron chi connectivity index (χ2n) is 4.97. The highest BCUT2D eigenvalue weighted by atomic mass is 35.5. The SMILES string of the molecule is CCn1nc(-c2c(Cl)cccc2Cl)c2c1NCCCC2. The van der Waals surface area contributed by atoms with Crippen LogP contribution in [0.5, 0.6) is 0 Å². The van der Waals surface area contributed by atoms with Crippen LogP contribution in [-0.2, 0) is 13.0 Å². The van der Waals surface area contributed by atoms with E-state index in [2.05, 4.69) is 12.2 Å². The molecule has 1 aliphatic rings. The fraction of sp³-hybridized carbons (Fsp3) is 0.400. The molecule has 5 heteroatoms. The number of halogens is 2. The summed E-state index contributed by atoms with van der Waals surface area (Å²) < 4.78 is 2.01. The number of nitrogens with zero attached hydrogens (tertiary/aromatic N) is 2. The van der Waals surface area contributed by atoms with E-state index in [1.165, 1.54) is 12.0 Å². The average Bonchev–Trinajstić information content (AvgIpc) is 2.61. The summed E-state index contributed by atoms with van der Waals surface area (Å²) in [6.45, 7) is 3.92. The van der Waals surface area contributed by atoms with E-state index in [4.69, 9.17) is 28.3 Å². The third kappa shape index (κ3) is 2.29. The summed E-state index contributed by atoms with van der Waals surface area (Å²) >= 11 is 12.7. The van der Waals surface area contributed by atoms with E-state index in [0.717, 1.165) is 43.0 Å². The van der Waals surface area contributed by atoms with Crippen LogP contribution >= 0.6 is 23.2 Å². The van der Waals surface area contributed by atoms with Crippen molar-refractivity contribution in [2.24, 2.45) is 0 Å². The lowest BCUT2D eigenvalue weighted by Crippen LogP contribution is -2.07. The van der Waals surface area contributed by atoms with E-state index in [-0.39, 0.29) is 0 Å². The van der Waals surface area contributed by atoms with Crippen molar-refractivity contribution in [3.8, 4) is 11.3 Å². The third-order valence-electron chi connectivity index (χ3n) is 3.70. The van der Waals surface area contributed by atoms with Crippen molar-refractivity contribution >= 4 is 29.0 Å². The van der Waals surface area contributed by atoms with Gasteiger partial charge in [-0.2, -0.15) is 5.10 Å². The molecule has 2 aromatic rings. The summed E-state index contributed by atoms with van der Waals surface area (Å²) in [7, 11) is 0. The van der Waals surface area contributed by atoms with Gasteiger partial charge in [-0.3, -0.25) is 0 Å². The molecule has 1 aromatic heterocycles. The Morgan fingerprint density at radius 3 is 2.70 bits per heavy atom. The predicted octanol–water partition coefficient (Wildman–Crippen LogP) is 4.63. The summed E-state index contributed by atoms with van der Waals surface area (Å²) in [5.41, 5.74) is 3.01. The Labute approximate surface area is 128 Å².